The Labute approximate surface area is 47.6 Å². The molecule has 0 unspecified atom stereocenters. The first-order valence-electron chi connectivity index (χ1n) is 2.54. The Morgan fingerprint density at radius 2 is 2.50 bits per heavy atom. The van der Waals surface area contributed by atoms with Crippen LogP contribution >= 0.6 is 0 Å². The van der Waals surface area contributed by atoms with Crippen LogP contribution in [0.3, 0.4) is 0 Å². The van der Waals surface area contributed by atoms with Crippen molar-refractivity contribution in [3.8, 4) is 0 Å². The molecule has 0 amide bonds. The Hall–Kier alpha value is -0.730. The molecule has 3 nitrogen and oxygen atoms in total. The third kappa shape index (κ3) is 1.40. The number of carbonyl (C=O) groups is 1. The van der Waals surface area contributed by atoms with Gasteiger partial charge in [0, 0.05) is 0 Å². The molecular weight excluding hydrogens is 108 g/mol. The maximum atomic E-state index is 10.2. The second-order valence-electron chi connectivity index (χ2n) is 1.53. The van der Waals surface area contributed by atoms with Gasteiger partial charge in [-0.05, 0) is 12.8 Å². The lowest BCUT2D eigenvalue weighted by molar-refractivity contribution is 0.0866. The lowest BCUT2D eigenvalue weighted by Crippen LogP contribution is -2.01. The summed E-state index contributed by atoms with van der Waals surface area (Å²) in [4.78, 5) is 10.2. The van der Waals surface area contributed by atoms with E-state index in [0.717, 1.165) is 12.8 Å². The van der Waals surface area contributed by atoms with Crippen molar-refractivity contribution in [2.45, 2.75) is 12.8 Å². The largest absolute Gasteiger partial charge is 0.508 e. The molecule has 1 heterocycles. The van der Waals surface area contributed by atoms with Crippen LogP contribution in [0.2, 0.25) is 0 Å². The normalized spacial score (nSPS) is 20.8. The van der Waals surface area contributed by atoms with Crippen LogP contribution in [0.15, 0.2) is 0 Å². The summed E-state index contributed by atoms with van der Waals surface area (Å²) in [7, 11) is 0. The van der Waals surface area contributed by atoms with Crippen LogP contribution in [0, 0.1) is 6.61 Å². The first-order chi connectivity index (χ1) is 3.89. The number of hydrogen-bond donors (Lipinski definition) is 0. The lowest BCUT2D eigenvalue weighted by Gasteiger charge is -1.94. The smallest absolute Gasteiger partial charge is 0.434 e. The minimum absolute atomic E-state index is 0.481. The topological polar surface area (TPSA) is 35.5 Å². The number of ether oxygens (including phenoxy) is 2. The molecule has 1 rings (SSSR count). The number of rotatable bonds is 0. The highest BCUT2D eigenvalue weighted by Gasteiger charge is 2.07. The molecule has 0 aromatic rings. The van der Waals surface area contributed by atoms with Gasteiger partial charge >= 0.3 is 6.16 Å². The van der Waals surface area contributed by atoms with Gasteiger partial charge in [-0.15, -0.1) is 0 Å². The summed E-state index contributed by atoms with van der Waals surface area (Å²) >= 11 is 0. The van der Waals surface area contributed by atoms with E-state index in [0.29, 0.717) is 6.61 Å². The van der Waals surface area contributed by atoms with Gasteiger partial charge in [-0.25, -0.2) is 4.79 Å². The molecule has 0 atom stereocenters. The molecule has 1 radical (unpaired) electrons. The molecule has 0 N–H and O–H groups in total. The van der Waals surface area contributed by atoms with E-state index >= 15 is 0 Å². The van der Waals surface area contributed by atoms with Crippen LogP contribution < -0.4 is 0 Å². The molecule has 8 heavy (non-hydrogen) atoms. The standard InChI is InChI=1S/C5H7O3/c6-5-7-3-1-2-4-8-5/h3H,1-2,4H2. The van der Waals surface area contributed by atoms with Crippen molar-refractivity contribution in [3.05, 3.63) is 6.61 Å². The van der Waals surface area contributed by atoms with Gasteiger partial charge in [-0.2, -0.15) is 0 Å². The fraction of sp³-hybridized carbons (Fsp3) is 0.600. The van der Waals surface area contributed by atoms with Crippen molar-refractivity contribution in [1.29, 1.82) is 0 Å². The number of hydrogen-bond acceptors (Lipinski definition) is 3. The highest BCUT2D eigenvalue weighted by Crippen LogP contribution is 2.03. The van der Waals surface area contributed by atoms with E-state index in [2.05, 4.69) is 9.47 Å². The first-order valence-corrected chi connectivity index (χ1v) is 2.54. The van der Waals surface area contributed by atoms with Crippen molar-refractivity contribution in [3.63, 3.8) is 0 Å². The summed E-state index contributed by atoms with van der Waals surface area (Å²) in [6.45, 7) is 1.95. The van der Waals surface area contributed by atoms with Crippen molar-refractivity contribution in [2.24, 2.45) is 0 Å². The molecule has 0 spiro atoms. The monoisotopic (exact) mass is 115 g/mol. The van der Waals surface area contributed by atoms with Gasteiger partial charge in [0.1, 0.15) is 6.61 Å². The van der Waals surface area contributed by atoms with Gasteiger partial charge in [0.25, 0.3) is 0 Å². The van der Waals surface area contributed by atoms with Crippen molar-refractivity contribution >= 4 is 6.16 Å². The van der Waals surface area contributed by atoms with Crippen molar-refractivity contribution in [1.82, 2.24) is 0 Å². The Bertz CT molecular complexity index is 79.7. The molecule has 0 aromatic heterocycles. The minimum atomic E-state index is -0.581. The fourth-order valence-corrected chi connectivity index (χ4v) is 0.483. The molecule has 0 aromatic carbocycles. The highest BCUT2D eigenvalue weighted by atomic mass is 16.7. The summed E-state index contributed by atoms with van der Waals surface area (Å²) in [6, 6.07) is 0. The summed E-state index contributed by atoms with van der Waals surface area (Å²) in [6.07, 6.45) is 1.08. The first kappa shape index (κ1) is 5.41. The van der Waals surface area contributed by atoms with E-state index in [4.69, 9.17) is 0 Å². The van der Waals surface area contributed by atoms with E-state index < -0.39 is 6.16 Å². The SMILES string of the molecule is O=C1O[CH]CCCO1. The van der Waals surface area contributed by atoms with Crippen molar-refractivity contribution < 1.29 is 14.3 Å². The maximum Gasteiger partial charge on any atom is 0.508 e. The van der Waals surface area contributed by atoms with Crippen LogP contribution in [-0.2, 0) is 9.47 Å². The van der Waals surface area contributed by atoms with Gasteiger partial charge in [0.2, 0.25) is 0 Å². The Kier molecular flexibility index (Phi) is 1.72. The van der Waals surface area contributed by atoms with Gasteiger partial charge < -0.3 is 9.47 Å². The fourth-order valence-electron chi connectivity index (χ4n) is 0.483. The Morgan fingerprint density at radius 3 is 3.38 bits per heavy atom. The zero-order valence-corrected chi connectivity index (χ0v) is 4.42. The van der Waals surface area contributed by atoms with E-state index in [9.17, 15) is 4.79 Å². The predicted octanol–water partition coefficient (Wildman–Crippen LogP) is 1.10. The third-order valence-electron chi connectivity index (χ3n) is 0.866. The zero-order valence-electron chi connectivity index (χ0n) is 4.42. The number of carbonyl (C=O) groups excluding carboxylic acids is 1. The zero-order chi connectivity index (χ0) is 5.82. The van der Waals surface area contributed by atoms with E-state index in [1.54, 1.807) is 0 Å². The summed E-state index contributed by atoms with van der Waals surface area (Å²) in [5, 5.41) is 0. The van der Waals surface area contributed by atoms with E-state index in [1.165, 1.54) is 6.61 Å². The predicted molar refractivity (Wildman–Crippen MR) is 26.0 cm³/mol. The second kappa shape index (κ2) is 2.55. The van der Waals surface area contributed by atoms with Crippen LogP contribution in [-0.4, -0.2) is 12.8 Å². The second-order valence-corrected chi connectivity index (χ2v) is 1.53. The highest BCUT2D eigenvalue weighted by molar-refractivity contribution is 5.60. The van der Waals surface area contributed by atoms with Crippen LogP contribution in [0.25, 0.3) is 0 Å². The van der Waals surface area contributed by atoms with E-state index in [-0.39, 0.29) is 0 Å². The molecule has 1 fully saturated rings. The molecule has 3 heteroatoms. The third-order valence-corrected chi connectivity index (χ3v) is 0.866. The number of cyclic esters (lactones) is 2. The molecule has 1 aliphatic heterocycles. The van der Waals surface area contributed by atoms with Gasteiger partial charge in [0.05, 0.1) is 6.61 Å². The Morgan fingerprint density at radius 1 is 1.62 bits per heavy atom. The molecular formula is C5H7O3. The molecule has 1 saturated heterocycles. The lowest BCUT2D eigenvalue weighted by atomic mass is 10.3. The van der Waals surface area contributed by atoms with Gasteiger partial charge in [0.15, 0.2) is 0 Å². The minimum Gasteiger partial charge on any atom is -0.434 e. The van der Waals surface area contributed by atoms with E-state index in [1.807, 2.05) is 0 Å². The summed E-state index contributed by atoms with van der Waals surface area (Å²) < 4.78 is 8.93. The molecule has 0 saturated carbocycles. The van der Waals surface area contributed by atoms with Crippen LogP contribution in [0.4, 0.5) is 4.79 Å². The summed E-state index contributed by atoms with van der Waals surface area (Å²) in [5.74, 6) is 0. The molecule has 0 bridgehead atoms. The average Bonchev–Trinajstić information content (AvgIpc) is 1.94. The maximum absolute atomic E-state index is 10.2. The molecule has 1 aliphatic rings. The van der Waals surface area contributed by atoms with Crippen LogP contribution in [0.5, 0.6) is 0 Å². The summed E-state index contributed by atoms with van der Waals surface area (Å²) in [5.41, 5.74) is 0. The van der Waals surface area contributed by atoms with Gasteiger partial charge in [-0.3, -0.25) is 0 Å². The molecule has 0 aliphatic carbocycles. The average molecular weight is 115 g/mol. The van der Waals surface area contributed by atoms with Gasteiger partial charge in [-0.1, -0.05) is 0 Å². The quantitative estimate of drug-likeness (QED) is 0.443. The van der Waals surface area contributed by atoms with Crippen molar-refractivity contribution in [2.75, 3.05) is 6.61 Å². The Balaban J connectivity index is 2.27. The van der Waals surface area contributed by atoms with Crippen LogP contribution in [0.1, 0.15) is 12.8 Å². The molecule has 45 valence electrons.